The van der Waals surface area contributed by atoms with Crippen LogP contribution in [0.2, 0.25) is 0 Å². The van der Waals surface area contributed by atoms with Gasteiger partial charge in [-0.25, -0.2) is 0 Å². The lowest BCUT2D eigenvalue weighted by atomic mass is 10.1. The Morgan fingerprint density at radius 2 is 2.00 bits per heavy atom. The van der Waals surface area contributed by atoms with Crippen LogP contribution in [0.15, 0.2) is 40.8 Å². The summed E-state index contributed by atoms with van der Waals surface area (Å²) in [6.07, 6.45) is 0. The molecule has 1 heterocycles. The minimum Gasteiger partial charge on any atom is -0.465 e. The summed E-state index contributed by atoms with van der Waals surface area (Å²) in [5.41, 5.74) is 1.20. The largest absolute Gasteiger partial charge is 0.465 e. The van der Waals surface area contributed by atoms with E-state index in [-0.39, 0.29) is 17.7 Å². The van der Waals surface area contributed by atoms with Crippen molar-refractivity contribution in [2.45, 2.75) is 33.4 Å². The standard InChI is InChI=1S/C18H22N2O3/c1-12-8-9-17(23-12)11-20(4)13(2)18(22)19-16-7-5-6-15(10-16)14(3)21/h5-10,13H,11H2,1-4H3,(H,19,22)/t13-/m0/s1. The lowest BCUT2D eigenvalue weighted by Gasteiger charge is -2.23. The first kappa shape index (κ1) is 17.0. The van der Waals surface area contributed by atoms with E-state index in [1.54, 1.807) is 24.3 Å². The number of benzene rings is 1. The van der Waals surface area contributed by atoms with Gasteiger partial charge in [0.1, 0.15) is 11.5 Å². The summed E-state index contributed by atoms with van der Waals surface area (Å²) >= 11 is 0. The minimum absolute atomic E-state index is 0.0283. The van der Waals surface area contributed by atoms with Crippen LogP contribution in [0, 0.1) is 6.92 Å². The number of furan rings is 1. The summed E-state index contributed by atoms with van der Waals surface area (Å²) in [6, 6.07) is 10.4. The molecule has 0 aliphatic heterocycles. The maximum atomic E-state index is 12.4. The molecule has 0 aliphatic carbocycles. The van der Waals surface area contributed by atoms with Crippen molar-refractivity contribution in [2.75, 3.05) is 12.4 Å². The van der Waals surface area contributed by atoms with Gasteiger partial charge in [0.15, 0.2) is 5.78 Å². The quantitative estimate of drug-likeness (QED) is 0.831. The number of Topliss-reactive ketones (excluding diaryl/α,β-unsaturated/α-hetero) is 1. The van der Waals surface area contributed by atoms with Crippen LogP contribution >= 0.6 is 0 Å². The molecule has 0 bridgehead atoms. The second-order valence-corrected chi connectivity index (χ2v) is 5.73. The van der Waals surface area contributed by atoms with Crippen LogP contribution in [-0.4, -0.2) is 29.7 Å². The normalized spacial score (nSPS) is 12.2. The maximum absolute atomic E-state index is 12.4. The summed E-state index contributed by atoms with van der Waals surface area (Å²) in [5, 5.41) is 2.85. The zero-order valence-electron chi connectivity index (χ0n) is 13.9. The van der Waals surface area contributed by atoms with Gasteiger partial charge in [0.2, 0.25) is 5.91 Å². The molecule has 23 heavy (non-hydrogen) atoms. The molecule has 122 valence electrons. The third kappa shape index (κ3) is 4.53. The van der Waals surface area contributed by atoms with Gasteiger partial charge in [0.25, 0.3) is 0 Å². The van der Waals surface area contributed by atoms with Crippen LogP contribution in [0.1, 0.15) is 35.7 Å². The van der Waals surface area contributed by atoms with Crippen LogP contribution in [0.5, 0.6) is 0 Å². The van der Waals surface area contributed by atoms with Gasteiger partial charge in [-0.3, -0.25) is 14.5 Å². The van der Waals surface area contributed by atoms with Crippen molar-refractivity contribution in [1.29, 1.82) is 0 Å². The Balaban J connectivity index is 1.99. The summed E-state index contributed by atoms with van der Waals surface area (Å²) < 4.78 is 5.53. The number of nitrogens with one attached hydrogen (secondary N) is 1. The molecule has 5 heteroatoms. The Hall–Kier alpha value is -2.40. The molecule has 1 N–H and O–H groups in total. The topological polar surface area (TPSA) is 62.6 Å². The van der Waals surface area contributed by atoms with Gasteiger partial charge in [0.05, 0.1) is 12.6 Å². The van der Waals surface area contributed by atoms with Crippen LogP contribution in [0.25, 0.3) is 0 Å². The van der Waals surface area contributed by atoms with Gasteiger partial charge in [-0.15, -0.1) is 0 Å². The van der Waals surface area contributed by atoms with E-state index in [2.05, 4.69) is 5.32 Å². The lowest BCUT2D eigenvalue weighted by molar-refractivity contribution is -0.120. The van der Waals surface area contributed by atoms with E-state index in [1.807, 2.05) is 37.9 Å². The molecule has 0 fully saturated rings. The van der Waals surface area contributed by atoms with Gasteiger partial charge in [-0.2, -0.15) is 0 Å². The molecule has 1 aromatic heterocycles. The zero-order chi connectivity index (χ0) is 17.0. The molecule has 0 saturated heterocycles. The Morgan fingerprint density at radius 1 is 1.26 bits per heavy atom. The number of hydrogen-bond donors (Lipinski definition) is 1. The average Bonchev–Trinajstić information content (AvgIpc) is 2.91. The molecule has 0 unspecified atom stereocenters. The molecule has 1 amide bonds. The van der Waals surface area contributed by atoms with Gasteiger partial charge in [-0.1, -0.05) is 12.1 Å². The number of carbonyl (C=O) groups excluding carboxylic acids is 2. The molecule has 1 aromatic carbocycles. The molecule has 1 atom stereocenters. The second kappa shape index (κ2) is 7.24. The fourth-order valence-corrected chi connectivity index (χ4v) is 2.22. The summed E-state index contributed by atoms with van der Waals surface area (Å²) in [4.78, 5) is 25.7. The first-order valence-corrected chi connectivity index (χ1v) is 7.54. The Labute approximate surface area is 136 Å². The summed E-state index contributed by atoms with van der Waals surface area (Å²) in [6.45, 7) is 5.78. The fraction of sp³-hybridized carbons (Fsp3) is 0.333. The molecule has 0 aliphatic rings. The Bertz CT molecular complexity index is 706. The van der Waals surface area contributed by atoms with Crippen LogP contribution in [0.3, 0.4) is 0 Å². The number of rotatable bonds is 6. The maximum Gasteiger partial charge on any atom is 0.241 e. The van der Waals surface area contributed by atoms with E-state index < -0.39 is 0 Å². The molecule has 0 saturated carbocycles. The molecule has 2 aromatic rings. The third-order valence-corrected chi connectivity index (χ3v) is 3.78. The van der Waals surface area contributed by atoms with Crippen LogP contribution in [-0.2, 0) is 11.3 Å². The Kier molecular flexibility index (Phi) is 5.34. The zero-order valence-corrected chi connectivity index (χ0v) is 13.9. The van der Waals surface area contributed by atoms with E-state index in [0.29, 0.717) is 17.8 Å². The number of carbonyl (C=O) groups is 2. The molecule has 2 rings (SSSR count). The molecule has 0 spiro atoms. The number of ketones is 1. The van der Waals surface area contributed by atoms with Gasteiger partial charge in [0, 0.05) is 11.3 Å². The minimum atomic E-state index is -0.332. The van der Waals surface area contributed by atoms with Gasteiger partial charge < -0.3 is 9.73 Å². The predicted octanol–water partition coefficient (Wildman–Crippen LogP) is 3.25. The van der Waals surface area contributed by atoms with Crippen molar-refractivity contribution in [2.24, 2.45) is 0 Å². The predicted molar refractivity (Wildman–Crippen MR) is 89.5 cm³/mol. The van der Waals surface area contributed by atoms with Crippen molar-refractivity contribution in [3.63, 3.8) is 0 Å². The molecular formula is C18H22N2O3. The monoisotopic (exact) mass is 314 g/mol. The van der Waals surface area contributed by atoms with Gasteiger partial charge >= 0.3 is 0 Å². The van der Waals surface area contributed by atoms with Crippen molar-refractivity contribution < 1.29 is 14.0 Å². The van der Waals surface area contributed by atoms with Gasteiger partial charge in [-0.05, 0) is 52.1 Å². The highest BCUT2D eigenvalue weighted by Crippen LogP contribution is 2.14. The van der Waals surface area contributed by atoms with Crippen molar-refractivity contribution in [1.82, 2.24) is 4.90 Å². The number of nitrogens with zero attached hydrogens (tertiary/aromatic N) is 1. The molecule has 0 radical (unpaired) electrons. The highest BCUT2D eigenvalue weighted by atomic mass is 16.3. The van der Waals surface area contributed by atoms with E-state index >= 15 is 0 Å². The fourth-order valence-electron chi connectivity index (χ4n) is 2.22. The van der Waals surface area contributed by atoms with Crippen LogP contribution < -0.4 is 5.32 Å². The van der Waals surface area contributed by atoms with E-state index in [0.717, 1.165) is 11.5 Å². The van der Waals surface area contributed by atoms with Crippen LogP contribution in [0.4, 0.5) is 5.69 Å². The second-order valence-electron chi connectivity index (χ2n) is 5.73. The number of likely N-dealkylation sites (N-methyl/N-ethyl adjacent to an activating group) is 1. The molecular weight excluding hydrogens is 292 g/mol. The highest BCUT2D eigenvalue weighted by molar-refractivity contribution is 5.98. The molecule has 5 nitrogen and oxygen atoms in total. The van der Waals surface area contributed by atoms with Crippen molar-refractivity contribution in [3.05, 3.63) is 53.5 Å². The third-order valence-electron chi connectivity index (χ3n) is 3.78. The number of hydrogen-bond acceptors (Lipinski definition) is 4. The lowest BCUT2D eigenvalue weighted by Crippen LogP contribution is -2.39. The number of aryl methyl sites for hydroxylation is 1. The number of amides is 1. The van der Waals surface area contributed by atoms with Crippen molar-refractivity contribution >= 4 is 17.4 Å². The van der Waals surface area contributed by atoms with Crippen molar-refractivity contribution in [3.8, 4) is 0 Å². The van der Waals surface area contributed by atoms with E-state index in [1.165, 1.54) is 6.92 Å². The Morgan fingerprint density at radius 3 is 2.61 bits per heavy atom. The van der Waals surface area contributed by atoms with E-state index in [9.17, 15) is 9.59 Å². The first-order valence-electron chi connectivity index (χ1n) is 7.54. The first-order chi connectivity index (χ1) is 10.9. The van der Waals surface area contributed by atoms with E-state index in [4.69, 9.17) is 4.42 Å². The number of anilines is 1. The SMILES string of the molecule is CC(=O)c1cccc(NC(=O)[C@H](C)N(C)Cc2ccc(C)o2)c1. The summed E-state index contributed by atoms with van der Waals surface area (Å²) in [5.74, 6) is 1.52. The smallest absolute Gasteiger partial charge is 0.241 e. The summed E-state index contributed by atoms with van der Waals surface area (Å²) in [7, 11) is 1.87. The highest BCUT2D eigenvalue weighted by Gasteiger charge is 2.19. The average molecular weight is 314 g/mol.